The Kier molecular flexibility index (Phi) is 5.25. The summed E-state index contributed by atoms with van der Waals surface area (Å²) in [5, 5.41) is 8.79. The van der Waals surface area contributed by atoms with Gasteiger partial charge in [-0.05, 0) is 12.8 Å². The van der Waals surface area contributed by atoms with E-state index in [1.165, 1.54) is 25.5 Å². The average Bonchev–Trinajstić information content (AvgIpc) is 2.45. The third-order valence-corrected chi connectivity index (χ3v) is 4.03. The number of carboxylic acid groups (broad SMARTS) is 1. The lowest BCUT2D eigenvalue weighted by atomic mass is 9.96. The maximum absolute atomic E-state index is 12.4. The van der Waals surface area contributed by atoms with E-state index in [0.717, 1.165) is 31.9 Å². The molecule has 0 spiro atoms. The van der Waals surface area contributed by atoms with E-state index in [0.29, 0.717) is 0 Å². The van der Waals surface area contributed by atoms with E-state index in [-0.39, 0.29) is 23.3 Å². The summed E-state index contributed by atoms with van der Waals surface area (Å²) in [5.41, 5.74) is 0.0460. The number of hydrogen-bond acceptors (Lipinski definition) is 4. The summed E-state index contributed by atoms with van der Waals surface area (Å²) in [6.07, 6.45) is 10.4. The van der Waals surface area contributed by atoms with E-state index in [1.807, 2.05) is 0 Å². The van der Waals surface area contributed by atoms with Gasteiger partial charge in [0.2, 0.25) is 0 Å². The molecule has 21 heavy (non-hydrogen) atoms. The molecule has 1 aromatic heterocycles. The number of amides is 1. The van der Waals surface area contributed by atoms with Crippen molar-refractivity contribution in [1.29, 1.82) is 0 Å². The smallest absolute Gasteiger partial charge is 0.356 e. The lowest BCUT2D eigenvalue weighted by Gasteiger charge is -2.29. The molecule has 2 rings (SSSR count). The predicted octanol–water partition coefficient (Wildman–Crippen LogP) is 2.36. The van der Waals surface area contributed by atoms with Crippen LogP contribution in [0.2, 0.25) is 0 Å². The molecule has 0 radical (unpaired) electrons. The summed E-state index contributed by atoms with van der Waals surface area (Å²) in [4.78, 5) is 32.5. The van der Waals surface area contributed by atoms with Crippen LogP contribution in [0.4, 0.5) is 0 Å². The molecule has 1 fully saturated rings. The summed E-state index contributed by atoms with van der Waals surface area (Å²) in [6, 6.07) is 0.235. The molecule has 0 bridgehead atoms. The fraction of sp³-hybridized carbons (Fsp3) is 0.600. The molecule has 0 atom stereocenters. The van der Waals surface area contributed by atoms with Crippen molar-refractivity contribution in [3.8, 4) is 0 Å². The second kappa shape index (κ2) is 7.15. The third-order valence-electron chi connectivity index (χ3n) is 4.03. The molecule has 1 heterocycles. The summed E-state index contributed by atoms with van der Waals surface area (Å²) in [7, 11) is 1.79. The molecule has 0 saturated heterocycles. The van der Waals surface area contributed by atoms with Crippen molar-refractivity contribution in [2.45, 2.75) is 51.0 Å². The second-order valence-corrected chi connectivity index (χ2v) is 5.51. The molecule has 1 aromatic rings. The van der Waals surface area contributed by atoms with Gasteiger partial charge in [0.1, 0.15) is 5.69 Å². The minimum Gasteiger partial charge on any atom is -0.476 e. The quantitative estimate of drug-likeness (QED) is 0.924. The first kappa shape index (κ1) is 15.4. The van der Waals surface area contributed by atoms with Gasteiger partial charge in [-0.15, -0.1) is 0 Å². The van der Waals surface area contributed by atoms with Gasteiger partial charge in [0, 0.05) is 13.1 Å². The minimum atomic E-state index is -1.14. The summed E-state index contributed by atoms with van der Waals surface area (Å²) < 4.78 is 0. The van der Waals surface area contributed by atoms with Crippen molar-refractivity contribution < 1.29 is 14.7 Å². The number of carbonyl (C=O) groups is 2. The Bertz CT molecular complexity index is 493. The largest absolute Gasteiger partial charge is 0.476 e. The van der Waals surface area contributed by atoms with Crippen molar-refractivity contribution >= 4 is 11.9 Å². The van der Waals surface area contributed by atoms with E-state index in [2.05, 4.69) is 9.97 Å². The van der Waals surface area contributed by atoms with Gasteiger partial charge in [0.15, 0.2) is 5.69 Å². The lowest BCUT2D eigenvalue weighted by Crippen LogP contribution is -2.38. The Morgan fingerprint density at radius 1 is 1.05 bits per heavy atom. The topological polar surface area (TPSA) is 83.4 Å². The summed E-state index contributed by atoms with van der Waals surface area (Å²) in [6.45, 7) is 0. The molecule has 6 heteroatoms. The van der Waals surface area contributed by atoms with Crippen molar-refractivity contribution in [2.24, 2.45) is 0 Å². The van der Waals surface area contributed by atoms with Gasteiger partial charge in [-0.1, -0.05) is 32.1 Å². The zero-order valence-electron chi connectivity index (χ0n) is 12.3. The van der Waals surface area contributed by atoms with Gasteiger partial charge in [-0.3, -0.25) is 4.79 Å². The van der Waals surface area contributed by atoms with Crippen LogP contribution in [0.25, 0.3) is 0 Å². The Hall–Kier alpha value is -1.98. The van der Waals surface area contributed by atoms with Crippen LogP contribution < -0.4 is 0 Å². The van der Waals surface area contributed by atoms with Crippen LogP contribution in [0.3, 0.4) is 0 Å². The van der Waals surface area contributed by atoms with Gasteiger partial charge < -0.3 is 10.0 Å². The van der Waals surface area contributed by atoms with Crippen molar-refractivity contribution in [1.82, 2.24) is 14.9 Å². The van der Waals surface area contributed by atoms with Gasteiger partial charge >= 0.3 is 5.97 Å². The molecule has 6 nitrogen and oxygen atoms in total. The van der Waals surface area contributed by atoms with Gasteiger partial charge in [0.05, 0.1) is 12.4 Å². The van der Waals surface area contributed by atoms with Crippen LogP contribution in [0.15, 0.2) is 12.4 Å². The van der Waals surface area contributed by atoms with E-state index < -0.39 is 5.97 Å². The first-order valence-corrected chi connectivity index (χ1v) is 7.42. The molecular weight excluding hydrogens is 270 g/mol. The fourth-order valence-electron chi connectivity index (χ4n) is 2.72. The Morgan fingerprint density at radius 3 is 2.10 bits per heavy atom. The highest BCUT2D eigenvalue weighted by Crippen LogP contribution is 2.21. The average molecular weight is 291 g/mol. The highest BCUT2D eigenvalue weighted by atomic mass is 16.4. The highest BCUT2D eigenvalue weighted by Gasteiger charge is 2.23. The van der Waals surface area contributed by atoms with Crippen molar-refractivity contribution in [3.63, 3.8) is 0 Å². The van der Waals surface area contributed by atoms with Gasteiger partial charge in [-0.25, -0.2) is 14.8 Å². The molecule has 0 aliphatic heterocycles. The van der Waals surface area contributed by atoms with Crippen LogP contribution in [0.5, 0.6) is 0 Å². The first-order valence-electron chi connectivity index (χ1n) is 7.42. The molecule has 1 amide bonds. The highest BCUT2D eigenvalue weighted by molar-refractivity contribution is 5.92. The monoisotopic (exact) mass is 291 g/mol. The zero-order chi connectivity index (χ0) is 15.2. The number of nitrogens with zero attached hydrogens (tertiary/aromatic N) is 3. The molecule has 114 valence electrons. The summed E-state index contributed by atoms with van der Waals surface area (Å²) >= 11 is 0. The van der Waals surface area contributed by atoms with Crippen molar-refractivity contribution in [2.75, 3.05) is 7.05 Å². The fourth-order valence-corrected chi connectivity index (χ4v) is 2.72. The maximum Gasteiger partial charge on any atom is 0.356 e. The number of aromatic nitrogens is 2. The lowest BCUT2D eigenvalue weighted by molar-refractivity contribution is 0.0677. The molecule has 1 aliphatic carbocycles. The number of carboxylic acids is 1. The molecule has 0 aromatic carbocycles. The minimum absolute atomic E-state index is 0.153. The molecular formula is C15H21N3O3. The van der Waals surface area contributed by atoms with Crippen LogP contribution in [-0.4, -0.2) is 44.9 Å². The molecule has 1 N–H and O–H groups in total. The summed E-state index contributed by atoms with van der Waals surface area (Å²) in [5.74, 6) is -1.33. The van der Waals surface area contributed by atoms with Gasteiger partial charge in [0.25, 0.3) is 5.91 Å². The van der Waals surface area contributed by atoms with E-state index in [1.54, 1.807) is 11.9 Å². The Labute approximate surface area is 124 Å². The first-order chi connectivity index (χ1) is 10.1. The van der Waals surface area contributed by atoms with Crippen LogP contribution in [0, 0.1) is 0 Å². The standard InChI is InChI=1S/C15H21N3O3/c1-18(11-7-5-3-2-4-6-8-11)14(19)12-9-17-13(10-16-12)15(20)21/h9-11H,2-8H2,1H3,(H,20,21). The normalized spacial score (nSPS) is 16.8. The number of hydrogen-bond donors (Lipinski definition) is 1. The third kappa shape index (κ3) is 4.00. The molecule has 1 aliphatic rings. The molecule has 0 unspecified atom stereocenters. The number of carbonyl (C=O) groups excluding carboxylic acids is 1. The van der Waals surface area contributed by atoms with Crippen LogP contribution in [0.1, 0.15) is 65.9 Å². The molecule has 1 saturated carbocycles. The van der Waals surface area contributed by atoms with E-state index >= 15 is 0 Å². The van der Waals surface area contributed by atoms with E-state index in [4.69, 9.17) is 5.11 Å². The predicted molar refractivity (Wildman–Crippen MR) is 77.2 cm³/mol. The Balaban J connectivity index is 2.04. The second-order valence-electron chi connectivity index (χ2n) is 5.51. The van der Waals surface area contributed by atoms with Gasteiger partial charge in [-0.2, -0.15) is 0 Å². The maximum atomic E-state index is 12.4. The number of rotatable bonds is 3. The SMILES string of the molecule is CN(C(=O)c1cnc(C(=O)O)cn1)C1CCCCCCC1. The van der Waals surface area contributed by atoms with Crippen LogP contribution >= 0.6 is 0 Å². The van der Waals surface area contributed by atoms with Crippen molar-refractivity contribution in [3.05, 3.63) is 23.8 Å². The van der Waals surface area contributed by atoms with Crippen LogP contribution in [-0.2, 0) is 0 Å². The number of aromatic carboxylic acids is 1. The zero-order valence-corrected chi connectivity index (χ0v) is 12.3. The Morgan fingerprint density at radius 2 is 1.57 bits per heavy atom. The van der Waals surface area contributed by atoms with E-state index in [9.17, 15) is 9.59 Å².